The Balaban J connectivity index is 2.78. The molecule has 0 saturated carbocycles. The quantitative estimate of drug-likeness (QED) is 0.791. The van der Waals surface area contributed by atoms with Gasteiger partial charge in [-0.15, -0.1) is 0 Å². The zero-order chi connectivity index (χ0) is 12.7. The fourth-order valence-electron chi connectivity index (χ4n) is 1.48. The van der Waals surface area contributed by atoms with Gasteiger partial charge in [-0.1, -0.05) is 20.8 Å². The second kappa shape index (κ2) is 7.17. The lowest BCUT2D eigenvalue weighted by atomic mass is 10.2. The minimum Gasteiger partial charge on any atom is -0.497 e. The van der Waals surface area contributed by atoms with Gasteiger partial charge in [0.05, 0.1) is 13.7 Å². The number of ether oxygens (including phenoxy) is 2. The van der Waals surface area contributed by atoms with Crippen molar-refractivity contribution < 1.29 is 9.47 Å². The van der Waals surface area contributed by atoms with Crippen LogP contribution in [0.5, 0.6) is 11.5 Å². The highest BCUT2D eigenvalue weighted by Gasteiger charge is 2.06. The summed E-state index contributed by atoms with van der Waals surface area (Å²) in [4.78, 5) is 0. The van der Waals surface area contributed by atoms with Gasteiger partial charge in [0, 0.05) is 12.1 Å². The second-order valence-corrected chi connectivity index (χ2v) is 4.46. The second-order valence-electron chi connectivity index (χ2n) is 4.46. The highest BCUT2D eigenvalue weighted by molar-refractivity contribution is 5.40. The molecule has 0 aliphatic carbocycles. The lowest BCUT2D eigenvalue weighted by Crippen LogP contribution is -2.14. The summed E-state index contributed by atoms with van der Waals surface area (Å²) in [6.07, 6.45) is 0. The number of benzene rings is 1. The van der Waals surface area contributed by atoms with E-state index in [1.165, 1.54) is 0 Å². The van der Waals surface area contributed by atoms with Gasteiger partial charge < -0.3 is 14.8 Å². The van der Waals surface area contributed by atoms with Gasteiger partial charge in [-0.25, -0.2) is 0 Å². The van der Waals surface area contributed by atoms with Crippen LogP contribution in [0, 0.1) is 5.92 Å². The van der Waals surface area contributed by atoms with E-state index in [1.54, 1.807) is 7.11 Å². The van der Waals surface area contributed by atoms with Crippen molar-refractivity contribution >= 4 is 0 Å². The molecule has 0 aliphatic rings. The summed E-state index contributed by atoms with van der Waals surface area (Å²) in [6.45, 7) is 8.88. The fraction of sp³-hybridized carbons (Fsp3) is 0.571. The Morgan fingerprint density at radius 1 is 1.29 bits per heavy atom. The molecule has 1 aromatic carbocycles. The van der Waals surface area contributed by atoms with Gasteiger partial charge in [0.25, 0.3) is 0 Å². The zero-order valence-corrected chi connectivity index (χ0v) is 11.2. The Hall–Kier alpha value is -1.22. The van der Waals surface area contributed by atoms with Gasteiger partial charge in [-0.05, 0) is 30.7 Å². The van der Waals surface area contributed by atoms with Crippen molar-refractivity contribution in [1.29, 1.82) is 0 Å². The third-order valence-electron chi connectivity index (χ3n) is 2.41. The van der Waals surface area contributed by atoms with E-state index < -0.39 is 0 Å². The van der Waals surface area contributed by atoms with E-state index in [1.807, 2.05) is 18.2 Å². The number of rotatable bonds is 7. The normalized spacial score (nSPS) is 10.6. The predicted octanol–water partition coefficient (Wildman–Crippen LogP) is 2.84. The van der Waals surface area contributed by atoms with Crippen molar-refractivity contribution in [2.75, 3.05) is 20.3 Å². The van der Waals surface area contributed by atoms with Crippen LogP contribution < -0.4 is 14.8 Å². The Labute approximate surface area is 104 Å². The van der Waals surface area contributed by atoms with Crippen LogP contribution in [0.4, 0.5) is 0 Å². The molecule has 0 heterocycles. The largest absolute Gasteiger partial charge is 0.497 e. The fourth-order valence-corrected chi connectivity index (χ4v) is 1.48. The average molecular weight is 237 g/mol. The van der Waals surface area contributed by atoms with Crippen LogP contribution in [-0.2, 0) is 6.54 Å². The average Bonchev–Trinajstić information content (AvgIpc) is 2.34. The Morgan fingerprint density at radius 2 is 2.06 bits per heavy atom. The number of hydrogen-bond donors (Lipinski definition) is 1. The first-order valence-corrected chi connectivity index (χ1v) is 6.17. The van der Waals surface area contributed by atoms with Crippen molar-refractivity contribution in [3.8, 4) is 11.5 Å². The van der Waals surface area contributed by atoms with E-state index in [0.717, 1.165) is 36.8 Å². The summed E-state index contributed by atoms with van der Waals surface area (Å²) in [7, 11) is 1.68. The molecule has 0 aromatic heterocycles. The molecule has 0 radical (unpaired) electrons. The minimum absolute atomic E-state index is 0.532. The predicted molar refractivity (Wildman–Crippen MR) is 70.7 cm³/mol. The van der Waals surface area contributed by atoms with Gasteiger partial charge in [0.15, 0.2) is 0 Å². The third kappa shape index (κ3) is 4.65. The highest BCUT2D eigenvalue weighted by atomic mass is 16.5. The summed E-state index contributed by atoms with van der Waals surface area (Å²) in [5.74, 6) is 2.35. The Bertz CT molecular complexity index is 337. The first-order valence-electron chi connectivity index (χ1n) is 6.17. The first-order chi connectivity index (χ1) is 8.17. The van der Waals surface area contributed by atoms with Crippen LogP contribution in [0.1, 0.15) is 26.3 Å². The summed E-state index contributed by atoms with van der Waals surface area (Å²) in [6, 6.07) is 5.94. The molecule has 0 unspecified atom stereocenters. The molecule has 0 atom stereocenters. The molecule has 0 aliphatic heterocycles. The Kier molecular flexibility index (Phi) is 5.84. The van der Waals surface area contributed by atoms with Crippen LogP contribution in [0.25, 0.3) is 0 Å². The number of nitrogens with one attached hydrogen (secondary N) is 1. The lowest BCUT2D eigenvalue weighted by Gasteiger charge is -2.14. The van der Waals surface area contributed by atoms with Gasteiger partial charge in [0.1, 0.15) is 11.5 Å². The molecule has 0 bridgehead atoms. The van der Waals surface area contributed by atoms with Gasteiger partial charge in [0.2, 0.25) is 0 Å². The molecule has 1 aromatic rings. The summed E-state index contributed by atoms with van der Waals surface area (Å²) in [5, 5.41) is 3.31. The first kappa shape index (κ1) is 13.8. The molecule has 1 rings (SSSR count). The SMILES string of the molecule is CCNCc1cc(OC)ccc1OCC(C)C. The molecular weight excluding hydrogens is 214 g/mol. The molecule has 0 spiro atoms. The van der Waals surface area contributed by atoms with E-state index in [0.29, 0.717) is 5.92 Å². The highest BCUT2D eigenvalue weighted by Crippen LogP contribution is 2.24. The molecule has 3 nitrogen and oxygen atoms in total. The van der Waals surface area contributed by atoms with Crippen LogP contribution >= 0.6 is 0 Å². The van der Waals surface area contributed by atoms with Crippen molar-refractivity contribution in [1.82, 2.24) is 5.32 Å². The van der Waals surface area contributed by atoms with E-state index in [2.05, 4.69) is 26.1 Å². The molecule has 3 heteroatoms. The van der Waals surface area contributed by atoms with Gasteiger partial charge >= 0.3 is 0 Å². The molecule has 96 valence electrons. The maximum Gasteiger partial charge on any atom is 0.124 e. The van der Waals surface area contributed by atoms with Crippen LogP contribution in [0.2, 0.25) is 0 Å². The lowest BCUT2D eigenvalue weighted by molar-refractivity contribution is 0.267. The molecule has 0 fully saturated rings. The molecule has 1 N–H and O–H groups in total. The van der Waals surface area contributed by atoms with Crippen molar-refractivity contribution in [2.24, 2.45) is 5.92 Å². The maximum absolute atomic E-state index is 5.80. The monoisotopic (exact) mass is 237 g/mol. The third-order valence-corrected chi connectivity index (χ3v) is 2.41. The minimum atomic E-state index is 0.532. The topological polar surface area (TPSA) is 30.5 Å². The summed E-state index contributed by atoms with van der Waals surface area (Å²) >= 11 is 0. The number of methoxy groups -OCH3 is 1. The smallest absolute Gasteiger partial charge is 0.124 e. The van der Waals surface area contributed by atoms with Crippen LogP contribution in [0.3, 0.4) is 0 Å². The standard InChI is InChI=1S/C14H23NO2/c1-5-15-9-12-8-13(16-4)6-7-14(12)17-10-11(2)3/h6-8,11,15H,5,9-10H2,1-4H3. The van der Waals surface area contributed by atoms with E-state index in [-0.39, 0.29) is 0 Å². The molecular formula is C14H23NO2. The van der Waals surface area contributed by atoms with E-state index in [9.17, 15) is 0 Å². The Morgan fingerprint density at radius 3 is 2.65 bits per heavy atom. The molecule has 0 saturated heterocycles. The molecule has 17 heavy (non-hydrogen) atoms. The zero-order valence-electron chi connectivity index (χ0n) is 11.2. The molecule has 0 amide bonds. The van der Waals surface area contributed by atoms with E-state index >= 15 is 0 Å². The van der Waals surface area contributed by atoms with Crippen molar-refractivity contribution in [2.45, 2.75) is 27.3 Å². The van der Waals surface area contributed by atoms with Crippen LogP contribution in [0.15, 0.2) is 18.2 Å². The van der Waals surface area contributed by atoms with Crippen LogP contribution in [-0.4, -0.2) is 20.3 Å². The van der Waals surface area contributed by atoms with Crippen molar-refractivity contribution in [3.63, 3.8) is 0 Å². The van der Waals surface area contributed by atoms with E-state index in [4.69, 9.17) is 9.47 Å². The van der Waals surface area contributed by atoms with Crippen molar-refractivity contribution in [3.05, 3.63) is 23.8 Å². The summed E-state index contributed by atoms with van der Waals surface area (Å²) in [5.41, 5.74) is 1.15. The van der Waals surface area contributed by atoms with Gasteiger partial charge in [-0.2, -0.15) is 0 Å². The maximum atomic E-state index is 5.80. The summed E-state index contributed by atoms with van der Waals surface area (Å²) < 4.78 is 11.0. The number of hydrogen-bond acceptors (Lipinski definition) is 3. The van der Waals surface area contributed by atoms with Gasteiger partial charge in [-0.3, -0.25) is 0 Å².